The van der Waals surface area contributed by atoms with Crippen LogP contribution in [-0.4, -0.2) is 31.8 Å². The van der Waals surface area contributed by atoms with Crippen LogP contribution in [0, 0.1) is 17.2 Å². The minimum atomic E-state index is -0.831. The number of carbonyl (C=O) groups is 2. The molecule has 3 rings (SSSR count). The topological polar surface area (TPSA) is 97.7 Å². The van der Waals surface area contributed by atoms with Crippen molar-refractivity contribution in [1.82, 2.24) is 5.32 Å². The van der Waals surface area contributed by atoms with Gasteiger partial charge in [0.25, 0.3) is 5.91 Å². The van der Waals surface area contributed by atoms with Gasteiger partial charge in [-0.1, -0.05) is 25.3 Å². The first-order valence-corrected chi connectivity index (χ1v) is 9.11. The first kappa shape index (κ1) is 18.8. The van der Waals surface area contributed by atoms with Crippen molar-refractivity contribution in [2.45, 2.75) is 32.1 Å². The molecule has 1 amide bonds. The van der Waals surface area contributed by atoms with E-state index in [1.54, 1.807) is 18.2 Å². The fourth-order valence-corrected chi connectivity index (χ4v) is 3.22. The van der Waals surface area contributed by atoms with Crippen molar-refractivity contribution in [2.75, 3.05) is 19.9 Å². The molecule has 7 heteroatoms. The molecule has 2 aliphatic rings. The molecule has 1 aromatic carbocycles. The zero-order valence-corrected chi connectivity index (χ0v) is 15.0. The monoisotopic (exact) mass is 370 g/mol. The van der Waals surface area contributed by atoms with Gasteiger partial charge < -0.3 is 19.5 Å². The van der Waals surface area contributed by atoms with Crippen LogP contribution >= 0.6 is 0 Å². The molecule has 1 heterocycles. The van der Waals surface area contributed by atoms with Crippen LogP contribution in [0.25, 0.3) is 6.08 Å². The van der Waals surface area contributed by atoms with Gasteiger partial charge in [-0.05, 0) is 42.5 Å². The molecule has 1 N–H and O–H groups in total. The van der Waals surface area contributed by atoms with Crippen molar-refractivity contribution in [3.8, 4) is 17.6 Å². The van der Waals surface area contributed by atoms with Gasteiger partial charge in [0, 0.05) is 6.54 Å². The number of benzene rings is 1. The lowest BCUT2D eigenvalue weighted by atomic mass is 9.89. The molecular formula is C20H22N2O5. The van der Waals surface area contributed by atoms with E-state index >= 15 is 0 Å². The lowest BCUT2D eigenvalue weighted by Crippen LogP contribution is -2.33. The van der Waals surface area contributed by atoms with Crippen molar-refractivity contribution in [3.63, 3.8) is 0 Å². The Labute approximate surface area is 157 Å². The summed E-state index contributed by atoms with van der Waals surface area (Å²) in [6, 6.07) is 6.88. The van der Waals surface area contributed by atoms with Gasteiger partial charge in [-0.25, -0.2) is 4.79 Å². The summed E-state index contributed by atoms with van der Waals surface area (Å²) in [5.74, 6) is 0.482. The Morgan fingerprint density at radius 3 is 2.78 bits per heavy atom. The van der Waals surface area contributed by atoms with Gasteiger partial charge in [-0.15, -0.1) is 0 Å². The summed E-state index contributed by atoms with van der Waals surface area (Å²) in [4.78, 5) is 23.9. The number of carbonyl (C=O) groups excluding carboxylic acids is 2. The van der Waals surface area contributed by atoms with E-state index in [0.29, 0.717) is 29.5 Å². The van der Waals surface area contributed by atoms with Crippen LogP contribution in [0.1, 0.15) is 37.7 Å². The third kappa shape index (κ3) is 5.23. The number of fused-ring (bicyclic) bond motifs is 1. The highest BCUT2D eigenvalue weighted by Crippen LogP contribution is 2.33. The molecule has 27 heavy (non-hydrogen) atoms. The molecule has 1 fully saturated rings. The molecule has 1 aliphatic heterocycles. The molecule has 7 nitrogen and oxygen atoms in total. The molecule has 0 radical (unpaired) electrons. The van der Waals surface area contributed by atoms with E-state index in [9.17, 15) is 14.9 Å². The van der Waals surface area contributed by atoms with E-state index < -0.39 is 12.6 Å². The summed E-state index contributed by atoms with van der Waals surface area (Å²) in [5, 5.41) is 12.0. The van der Waals surface area contributed by atoms with E-state index in [1.807, 2.05) is 6.07 Å². The first-order valence-electron chi connectivity index (χ1n) is 9.11. The molecule has 0 spiro atoms. The molecule has 1 aromatic rings. The number of hydrogen-bond donors (Lipinski definition) is 1. The highest BCUT2D eigenvalue weighted by atomic mass is 16.7. The zero-order chi connectivity index (χ0) is 19.1. The molecule has 1 aliphatic carbocycles. The van der Waals surface area contributed by atoms with Crippen molar-refractivity contribution < 1.29 is 23.8 Å². The predicted molar refractivity (Wildman–Crippen MR) is 96.7 cm³/mol. The molecule has 142 valence electrons. The number of nitrogens with one attached hydrogen (secondary N) is 1. The highest BCUT2D eigenvalue weighted by Gasteiger charge is 2.17. The summed E-state index contributed by atoms with van der Waals surface area (Å²) < 4.78 is 15.5. The van der Waals surface area contributed by atoms with Crippen molar-refractivity contribution in [2.24, 2.45) is 5.92 Å². The largest absolute Gasteiger partial charge is 0.454 e. The molecule has 0 atom stereocenters. The Hall–Kier alpha value is -3.01. The van der Waals surface area contributed by atoms with Crippen LogP contribution in [-0.2, 0) is 14.3 Å². The van der Waals surface area contributed by atoms with E-state index in [-0.39, 0.29) is 18.3 Å². The lowest BCUT2D eigenvalue weighted by molar-refractivity contribution is -0.144. The van der Waals surface area contributed by atoms with Crippen LogP contribution in [0.15, 0.2) is 23.8 Å². The molecule has 0 unspecified atom stereocenters. The SMILES string of the molecule is N#CC(=Cc1ccc2c(c1)OCO2)C(=O)OCC(=O)NCC1CCCCC1. The standard InChI is InChI=1S/C20H22N2O5/c21-10-16(8-15-6-7-17-18(9-15)27-13-26-17)20(24)25-12-19(23)22-11-14-4-2-1-3-5-14/h6-9,14H,1-5,11-13H2,(H,22,23). The minimum absolute atomic E-state index is 0.144. The second-order valence-electron chi connectivity index (χ2n) is 6.67. The average molecular weight is 370 g/mol. The number of ether oxygens (including phenoxy) is 3. The smallest absolute Gasteiger partial charge is 0.349 e. The Balaban J connectivity index is 1.49. The van der Waals surface area contributed by atoms with Crippen LogP contribution in [0.4, 0.5) is 0 Å². The Kier molecular flexibility index (Phi) is 6.31. The number of hydrogen-bond acceptors (Lipinski definition) is 6. The molecule has 0 bridgehead atoms. The first-order chi connectivity index (χ1) is 13.2. The third-order valence-corrected chi connectivity index (χ3v) is 4.70. The Morgan fingerprint density at radius 1 is 1.22 bits per heavy atom. The molecule has 1 saturated carbocycles. The maximum atomic E-state index is 12.1. The van der Waals surface area contributed by atoms with Gasteiger partial charge in [0.05, 0.1) is 0 Å². The lowest BCUT2D eigenvalue weighted by Gasteiger charge is -2.21. The van der Waals surface area contributed by atoms with Gasteiger partial charge in [-0.2, -0.15) is 5.26 Å². The summed E-state index contributed by atoms with van der Waals surface area (Å²) >= 11 is 0. The Morgan fingerprint density at radius 2 is 2.00 bits per heavy atom. The van der Waals surface area contributed by atoms with E-state index in [2.05, 4.69) is 5.32 Å². The van der Waals surface area contributed by atoms with Crippen LogP contribution in [0.3, 0.4) is 0 Å². The second-order valence-corrected chi connectivity index (χ2v) is 6.67. The number of amides is 1. The predicted octanol–water partition coefficient (Wildman–Crippen LogP) is 2.56. The number of nitrogens with zero attached hydrogens (tertiary/aromatic N) is 1. The van der Waals surface area contributed by atoms with Crippen molar-refractivity contribution >= 4 is 18.0 Å². The van der Waals surface area contributed by atoms with Gasteiger partial charge in [0.15, 0.2) is 18.1 Å². The van der Waals surface area contributed by atoms with Gasteiger partial charge in [0.1, 0.15) is 11.6 Å². The van der Waals surface area contributed by atoms with E-state index in [1.165, 1.54) is 25.3 Å². The van der Waals surface area contributed by atoms with Gasteiger partial charge in [0.2, 0.25) is 6.79 Å². The number of esters is 1. The zero-order valence-electron chi connectivity index (χ0n) is 15.0. The van der Waals surface area contributed by atoms with Crippen molar-refractivity contribution in [3.05, 3.63) is 29.3 Å². The van der Waals surface area contributed by atoms with Crippen LogP contribution in [0.5, 0.6) is 11.5 Å². The molecule has 0 aromatic heterocycles. The summed E-state index contributed by atoms with van der Waals surface area (Å²) in [6.07, 6.45) is 7.30. The maximum Gasteiger partial charge on any atom is 0.349 e. The number of nitriles is 1. The summed E-state index contributed by atoms with van der Waals surface area (Å²) in [5.41, 5.74) is 0.420. The summed E-state index contributed by atoms with van der Waals surface area (Å²) in [7, 11) is 0. The van der Waals surface area contributed by atoms with E-state index in [4.69, 9.17) is 14.2 Å². The van der Waals surface area contributed by atoms with Gasteiger partial charge >= 0.3 is 5.97 Å². The fourth-order valence-electron chi connectivity index (χ4n) is 3.22. The van der Waals surface area contributed by atoms with E-state index in [0.717, 1.165) is 12.8 Å². The van der Waals surface area contributed by atoms with Gasteiger partial charge in [-0.3, -0.25) is 4.79 Å². The minimum Gasteiger partial charge on any atom is -0.454 e. The quantitative estimate of drug-likeness (QED) is 0.469. The maximum absolute atomic E-state index is 12.1. The number of rotatable bonds is 6. The second kappa shape index (κ2) is 9.08. The Bertz CT molecular complexity index is 775. The third-order valence-electron chi connectivity index (χ3n) is 4.70. The van der Waals surface area contributed by atoms with Crippen molar-refractivity contribution in [1.29, 1.82) is 5.26 Å². The fraction of sp³-hybridized carbons (Fsp3) is 0.450. The highest BCUT2D eigenvalue weighted by molar-refractivity contribution is 5.98. The normalized spacial score (nSPS) is 16.5. The summed E-state index contributed by atoms with van der Waals surface area (Å²) in [6.45, 7) is 0.353. The van der Waals surface area contributed by atoms with Crippen LogP contribution in [0.2, 0.25) is 0 Å². The molecular weight excluding hydrogens is 348 g/mol. The average Bonchev–Trinajstić information content (AvgIpc) is 3.17. The molecule has 0 saturated heterocycles. The van der Waals surface area contributed by atoms with Crippen LogP contribution < -0.4 is 14.8 Å².